The van der Waals surface area contributed by atoms with Crippen molar-refractivity contribution in [1.82, 2.24) is 15.5 Å². The van der Waals surface area contributed by atoms with Gasteiger partial charge in [-0.3, -0.25) is 14.4 Å². The fourth-order valence-electron chi connectivity index (χ4n) is 2.81. The first kappa shape index (κ1) is 20.7. The number of carbonyl (C=O) groups is 3. The average Bonchev–Trinajstić information content (AvgIpc) is 3.03. The highest BCUT2D eigenvalue weighted by Crippen LogP contribution is 2.15. The number of nitrogens with one attached hydrogen (secondary N) is 2. The zero-order valence-electron chi connectivity index (χ0n) is 13.9. The van der Waals surface area contributed by atoms with E-state index in [0.717, 1.165) is 19.4 Å². The largest absolute Gasteiger partial charge is 0.465 e. The van der Waals surface area contributed by atoms with Crippen molar-refractivity contribution in [3.05, 3.63) is 0 Å². The van der Waals surface area contributed by atoms with Crippen LogP contribution in [-0.4, -0.2) is 74.2 Å². The molecule has 2 heterocycles. The Kier molecular flexibility index (Phi) is 9.02. The standard InChI is InChI=1S/C15H25N3O5.ClH/c1-2-22-14(20)9-17-13(19)8-12-15(21)18(6-5-16-12)10-11-4-3-7-23-11;/h11-12,16H,2-10H2,1H3,(H,17,19);1H. The topological polar surface area (TPSA) is 97.0 Å². The van der Waals surface area contributed by atoms with Crippen LogP contribution in [0.5, 0.6) is 0 Å². The van der Waals surface area contributed by atoms with Crippen LogP contribution in [0.25, 0.3) is 0 Å². The predicted octanol–water partition coefficient (Wildman–Crippen LogP) is -0.543. The molecule has 2 N–H and O–H groups in total. The zero-order chi connectivity index (χ0) is 16.7. The van der Waals surface area contributed by atoms with Gasteiger partial charge in [0.05, 0.1) is 25.2 Å². The van der Waals surface area contributed by atoms with Gasteiger partial charge < -0.3 is 25.0 Å². The molecule has 2 unspecified atom stereocenters. The maximum absolute atomic E-state index is 12.4. The van der Waals surface area contributed by atoms with Gasteiger partial charge in [0.25, 0.3) is 0 Å². The first-order valence-electron chi connectivity index (χ1n) is 8.16. The molecule has 0 saturated carbocycles. The molecule has 9 heteroatoms. The third kappa shape index (κ3) is 6.26. The van der Waals surface area contributed by atoms with Crippen LogP contribution in [0.2, 0.25) is 0 Å². The number of carbonyl (C=O) groups excluding carboxylic acids is 3. The molecule has 0 spiro atoms. The minimum Gasteiger partial charge on any atom is -0.465 e. The Morgan fingerprint density at radius 2 is 2.25 bits per heavy atom. The fourth-order valence-corrected chi connectivity index (χ4v) is 2.81. The van der Waals surface area contributed by atoms with Crippen LogP contribution in [0.3, 0.4) is 0 Å². The Labute approximate surface area is 148 Å². The van der Waals surface area contributed by atoms with E-state index >= 15 is 0 Å². The molecule has 2 fully saturated rings. The number of ether oxygens (including phenoxy) is 2. The summed E-state index contributed by atoms with van der Waals surface area (Å²) in [5, 5.41) is 5.53. The summed E-state index contributed by atoms with van der Waals surface area (Å²) in [6.45, 7) is 4.41. The van der Waals surface area contributed by atoms with Crippen molar-refractivity contribution in [1.29, 1.82) is 0 Å². The van der Waals surface area contributed by atoms with E-state index in [9.17, 15) is 14.4 Å². The molecule has 8 nitrogen and oxygen atoms in total. The van der Waals surface area contributed by atoms with E-state index in [0.29, 0.717) is 19.6 Å². The van der Waals surface area contributed by atoms with Gasteiger partial charge in [0.15, 0.2) is 0 Å². The van der Waals surface area contributed by atoms with Crippen molar-refractivity contribution in [3.63, 3.8) is 0 Å². The van der Waals surface area contributed by atoms with Crippen molar-refractivity contribution in [2.24, 2.45) is 0 Å². The zero-order valence-corrected chi connectivity index (χ0v) is 14.7. The lowest BCUT2D eigenvalue weighted by Gasteiger charge is -2.34. The van der Waals surface area contributed by atoms with Gasteiger partial charge in [-0.25, -0.2) is 0 Å². The van der Waals surface area contributed by atoms with Crippen molar-refractivity contribution >= 4 is 30.2 Å². The number of hydrogen-bond donors (Lipinski definition) is 2. The molecule has 2 amide bonds. The molecule has 0 aromatic rings. The Morgan fingerprint density at radius 3 is 2.92 bits per heavy atom. The molecule has 0 bridgehead atoms. The van der Waals surface area contributed by atoms with Crippen LogP contribution in [0, 0.1) is 0 Å². The normalized spacial score (nSPS) is 23.5. The number of nitrogens with zero attached hydrogens (tertiary/aromatic N) is 1. The number of rotatable bonds is 7. The maximum atomic E-state index is 12.4. The van der Waals surface area contributed by atoms with Crippen LogP contribution in [-0.2, 0) is 23.9 Å². The summed E-state index contributed by atoms with van der Waals surface area (Å²) in [6.07, 6.45) is 2.13. The third-order valence-corrected chi connectivity index (χ3v) is 3.95. The van der Waals surface area contributed by atoms with Crippen LogP contribution in [0.15, 0.2) is 0 Å². The molecule has 2 aliphatic heterocycles. The molecule has 2 rings (SSSR count). The van der Waals surface area contributed by atoms with Crippen LogP contribution in [0.1, 0.15) is 26.2 Å². The lowest BCUT2D eigenvalue weighted by atomic mass is 10.1. The molecule has 2 aliphatic rings. The second-order valence-corrected chi connectivity index (χ2v) is 5.71. The van der Waals surface area contributed by atoms with E-state index in [1.807, 2.05) is 0 Å². The third-order valence-electron chi connectivity index (χ3n) is 3.95. The lowest BCUT2D eigenvalue weighted by molar-refractivity contribution is -0.143. The van der Waals surface area contributed by atoms with Gasteiger partial charge in [0, 0.05) is 26.2 Å². The molecule has 2 saturated heterocycles. The minimum absolute atomic E-state index is 0. The van der Waals surface area contributed by atoms with Crippen molar-refractivity contribution in [2.75, 3.05) is 39.4 Å². The highest BCUT2D eigenvalue weighted by atomic mass is 35.5. The number of halogens is 1. The van der Waals surface area contributed by atoms with Crippen LogP contribution < -0.4 is 10.6 Å². The second-order valence-electron chi connectivity index (χ2n) is 5.71. The number of amides is 2. The summed E-state index contributed by atoms with van der Waals surface area (Å²) in [5.41, 5.74) is 0. The van der Waals surface area contributed by atoms with Crippen LogP contribution >= 0.6 is 12.4 Å². The average molecular weight is 364 g/mol. The summed E-state index contributed by atoms with van der Waals surface area (Å²) < 4.78 is 10.3. The van der Waals surface area contributed by atoms with Gasteiger partial charge in [-0.05, 0) is 19.8 Å². The van der Waals surface area contributed by atoms with Crippen LogP contribution in [0.4, 0.5) is 0 Å². The van der Waals surface area contributed by atoms with E-state index in [-0.39, 0.29) is 49.9 Å². The van der Waals surface area contributed by atoms with Crippen molar-refractivity contribution in [2.45, 2.75) is 38.3 Å². The summed E-state index contributed by atoms with van der Waals surface area (Å²) in [4.78, 5) is 37.3. The smallest absolute Gasteiger partial charge is 0.325 e. The van der Waals surface area contributed by atoms with E-state index < -0.39 is 12.0 Å². The Balaban J connectivity index is 0.00000288. The predicted molar refractivity (Wildman–Crippen MR) is 88.9 cm³/mol. The first-order chi connectivity index (χ1) is 11.1. The van der Waals surface area contributed by atoms with Gasteiger partial charge in [0.2, 0.25) is 11.8 Å². The summed E-state index contributed by atoms with van der Waals surface area (Å²) in [5.74, 6) is -0.912. The van der Waals surface area contributed by atoms with Gasteiger partial charge in [0.1, 0.15) is 6.54 Å². The van der Waals surface area contributed by atoms with E-state index in [4.69, 9.17) is 9.47 Å². The summed E-state index contributed by atoms with van der Waals surface area (Å²) >= 11 is 0. The monoisotopic (exact) mass is 363 g/mol. The minimum atomic E-state index is -0.549. The molecule has 0 radical (unpaired) electrons. The number of esters is 1. The fraction of sp³-hybridized carbons (Fsp3) is 0.800. The SMILES string of the molecule is CCOC(=O)CNC(=O)CC1NCCN(CC2CCCO2)C1=O.Cl. The quantitative estimate of drug-likeness (QED) is 0.589. The highest BCUT2D eigenvalue weighted by molar-refractivity contribution is 5.90. The Hall–Kier alpha value is -1.38. The van der Waals surface area contributed by atoms with Crippen molar-refractivity contribution < 1.29 is 23.9 Å². The number of piperazine rings is 1. The molecule has 0 aliphatic carbocycles. The first-order valence-corrected chi connectivity index (χ1v) is 8.16. The van der Waals surface area contributed by atoms with E-state index in [2.05, 4.69) is 10.6 Å². The van der Waals surface area contributed by atoms with E-state index in [1.54, 1.807) is 11.8 Å². The van der Waals surface area contributed by atoms with Gasteiger partial charge in [-0.1, -0.05) is 0 Å². The highest BCUT2D eigenvalue weighted by Gasteiger charge is 2.32. The molecule has 0 aromatic carbocycles. The molecular formula is C15H26ClN3O5. The van der Waals surface area contributed by atoms with E-state index in [1.165, 1.54) is 0 Å². The Morgan fingerprint density at radius 1 is 1.46 bits per heavy atom. The lowest BCUT2D eigenvalue weighted by Crippen LogP contribution is -2.57. The molecule has 2 atom stereocenters. The van der Waals surface area contributed by atoms with Gasteiger partial charge in [-0.2, -0.15) is 0 Å². The Bertz CT molecular complexity index is 443. The maximum Gasteiger partial charge on any atom is 0.325 e. The molecule has 0 aromatic heterocycles. The molecule has 24 heavy (non-hydrogen) atoms. The van der Waals surface area contributed by atoms with Gasteiger partial charge >= 0.3 is 5.97 Å². The molecular weight excluding hydrogens is 338 g/mol. The second kappa shape index (κ2) is 10.5. The summed E-state index contributed by atoms with van der Waals surface area (Å²) in [7, 11) is 0. The summed E-state index contributed by atoms with van der Waals surface area (Å²) in [6, 6.07) is -0.549. The molecule has 138 valence electrons. The van der Waals surface area contributed by atoms with Gasteiger partial charge in [-0.15, -0.1) is 12.4 Å². The van der Waals surface area contributed by atoms with Crippen molar-refractivity contribution in [3.8, 4) is 0 Å². The number of hydrogen-bond acceptors (Lipinski definition) is 6.